The van der Waals surface area contributed by atoms with Crippen LogP contribution in [0.4, 0.5) is 0 Å². The molecule has 0 amide bonds. The number of aliphatic carboxylic acids is 1. The zero-order valence-electron chi connectivity index (χ0n) is 6.49. The molecule has 0 fully saturated rings. The highest BCUT2D eigenvalue weighted by Crippen LogP contribution is 2.01. The Morgan fingerprint density at radius 2 is 1.54 bits per heavy atom. The maximum atomic E-state index is 10.5. The number of hydrogen-bond acceptors (Lipinski definition) is 6. The second-order valence-corrected chi connectivity index (χ2v) is 2.34. The molecule has 0 aromatic heterocycles. The van der Waals surface area contributed by atoms with Gasteiger partial charge in [-0.3, -0.25) is 4.79 Å². The first-order valence-corrected chi connectivity index (χ1v) is 3.32. The summed E-state index contributed by atoms with van der Waals surface area (Å²) < 4.78 is 0. The number of hydrogen-bond donors (Lipinski definition) is 5. The molecule has 0 aliphatic carbocycles. The van der Waals surface area contributed by atoms with E-state index in [2.05, 4.69) is 0 Å². The van der Waals surface area contributed by atoms with Crippen LogP contribution in [0.25, 0.3) is 0 Å². The third-order valence-electron chi connectivity index (χ3n) is 1.39. The summed E-state index contributed by atoms with van der Waals surface area (Å²) >= 11 is 0. The fourth-order valence-corrected chi connectivity index (χ4v) is 0.603. The highest BCUT2D eigenvalue weighted by Gasteiger charge is 2.33. The number of Topliss-reactive ketones (excluding diaryl/α,β-unsaturated/α-hetero) is 1. The molecule has 0 aromatic carbocycles. The maximum absolute atomic E-state index is 10.5. The molecule has 3 atom stereocenters. The Morgan fingerprint density at radius 1 is 1.08 bits per heavy atom. The third kappa shape index (κ3) is 3.07. The quantitative estimate of drug-likeness (QED) is 0.309. The third-order valence-corrected chi connectivity index (χ3v) is 1.39. The lowest BCUT2D eigenvalue weighted by Gasteiger charge is -2.17. The molecular formula is C6H10O7. The van der Waals surface area contributed by atoms with E-state index in [0.29, 0.717) is 0 Å². The normalized spacial score (nSPS) is 17.5. The first kappa shape index (κ1) is 12.0. The summed E-state index contributed by atoms with van der Waals surface area (Å²) in [6, 6.07) is 0. The Morgan fingerprint density at radius 3 is 1.85 bits per heavy atom. The van der Waals surface area contributed by atoms with Gasteiger partial charge in [0.25, 0.3) is 0 Å². The van der Waals surface area contributed by atoms with Crippen LogP contribution in [-0.4, -0.2) is 62.2 Å². The zero-order valence-corrected chi connectivity index (χ0v) is 6.49. The van der Waals surface area contributed by atoms with Crippen LogP contribution >= 0.6 is 0 Å². The fraction of sp³-hybridized carbons (Fsp3) is 0.667. The number of rotatable bonds is 5. The first-order valence-electron chi connectivity index (χ1n) is 3.32. The van der Waals surface area contributed by atoms with Gasteiger partial charge >= 0.3 is 5.97 Å². The van der Waals surface area contributed by atoms with Crippen molar-refractivity contribution in [2.24, 2.45) is 0 Å². The second kappa shape index (κ2) is 4.87. The van der Waals surface area contributed by atoms with Crippen molar-refractivity contribution in [1.29, 1.82) is 0 Å². The highest BCUT2D eigenvalue weighted by atomic mass is 16.4. The minimum absolute atomic E-state index is 1.04. The molecular weight excluding hydrogens is 184 g/mol. The number of ketones is 1. The molecule has 0 aliphatic heterocycles. The van der Waals surface area contributed by atoms with Gasteiger partial charge < -0.3 is 25.5 Å². The van der Waals surface area contributed by atoms with Gasteiger partial charge in [0, 0.05) is 0 Å². The Kier molecular flexibility index (Phi) is 4.49. The topological polar surface area (TPSA) is 135 Å². The van der Waals surface area contributed by atoms with Crippen LogP contribution in [-0.2, 0) is 9.59 Å². The van der Waals surface area contributed by atoms with E-state index >= 15 is 0 Å². The SMILES string of the molecule is O=C(O)[C@H](O)[C@H](O)[C@@H](O)C(=O)CO. The van der Waals surface area contributed by atoms with Gasteiger partial charge in [-0.05, 0) is 0 Å². The van der Waals surface area contributed by atoms with Crippen molar-refractivity contribution in [1.82, 2.24) is 0 Å². The Labute approximate surface area is 72.9 Å². The van der Waals surface area contributed by atoms with Crippen LogP contribution in [0.3, 0.4) is 0 Å². The van der Waals surface area contributed by atoms with Gasteiger partial charge in [0.2, 0.25) is 0 Å². The van der Waals surface area contributed by atoms with E-state index < -0.39 is 36.7 Å². The standard InChI is InChI=1S/C6H10O7/c7-1-2(8)3(9)4(10)5(11)6(12)13/h3-5,7,9-11H,1H2,(H,12,13)/t3-,4+,5+/m0/s1. The molecule has 0 radical (unpaired) electrons. The van der Waals surface area contributed by atoms with Crippen LogP contribution in [0.15, 0.2) is 0 Å². The van der Waals surface area contributed by atoms with Crippen molar-refractivity contribution in [3.05, 3.63) is 0 Å². The van der Waals surface area contributed by atoms with Crippen LogP contribution in [0.1, 0.15) is 0 Å². The Bertz CT molecular complexity index is 201. The minimum atomic E-state index is -2.26. The van der Waals surface area contributed by atoms with E-state index in [0.717, 1.165) is 0 Å². The molecule has 0 aliphatic rings. The summed E-state index contributed by atoms with van der Waals surface area (Å²) in [5.74, 6) is -2.93. The van der Waals surface area contributed by atoms with E-state index in [-0.39, 0.29) is 0 Å². The number of carboxylic acids is 1. The van der Waals surface area contributed by atoms with Crippen molar-refractivity contribution < 1.29 is 35.1 Å². The first-order chi connectivity index (χ1) is 5.91. The molecule has 0 spiro atoms. The molecule has 0 aromatic rings. The fourth-order valence-electron chi connectivity index (χ4n) is 0.603. The summed E-state index contributed by atoms with van der Waals surface area (Å²) in [5, 5.41) is 42.7. The van der Waals surface area contributed by atoms with Crippen LogP contribution in [0.5, 0.6) is 0 Å². The number of aliphatic hydroxyl groups is 4. The molecule has 13 heavy (non-hydrogen) atoms. The highest BCUT2D eigenvalue weighted by molar-refractivity contribution is 5.85. The van der Waals surface area contributed by atoms with Crippen LogP contribution in [0.2, 0.25) is 0 Å². The molecule has 0 bridgehead atoms. The van der Waals surface area contributed by atoms with Gasteiger partial charge in [-0.1, -0.05) is 0 Å². The van der Waals surface area contributed by atoms with E-state index in [1.165, 1.54) is 0 Å². The molecule has 0 saturated heterocycles. The maximum Gasteiger partial charge on any atom is 0.335 e. The zero-order chi connectivity index (χ0) is 10.6. The van der Waals surface area contributed by atoms with Crippen LogP contribution in [0, 0.1) is 0 Å². The number of carbonyl (C=O) groups is 2. The predicted octanol–water partition coefficient (Wildman–Crippen LogP) is -3.28. The van der Waals surface area contributed by atoms with Gasteiger partial charge in [-0.25, -0.2) is 4.79 Å². The van der Waals surface area contributed by atoms with Crippen molar-refractivity contribution in [2.75, 3.05) is 6.61 Å². The van der Waals surface area contributed by atoms with Gasteiger partial charge in [0.05, 0.1) is 0 Å². The van der Waals surface area contributed by atoms with Gasteiger partial charge in [-0.2, -0.15) is 0 Å². The summed E-state index contributed by atoms with van der Waals surface area (Å²) in [6.45, 7) is -1.04. The van der Waals surface area contributed by atoms with Crippen molar-refractivity contribution in [2.45, 2.75) is 18.3 Å². The molecule has 76 valence electrons. The lowest BCUT2D eigenvalue weighted by molar-refractivity contribution is -0.161. The lowest BCUT2D eigenvalue weighted by atomic mass is 10.1. The summed E-state index contributed by atoms with van der Waals surface area (Å²) in [5.41, 5.74) is 0. The molecule has 0 rings (SSSR count). The van der Waals surface area contributed by atoms with Crippen LogP contribution < -0.4 is 0 Å². The van der Waals surface area contributed by atoms with Gasteiger partial charge in [0.1, 0.15) is 18.8 Å². The van der Waals surface area contributed by atoms with E-state index in [1.54, 1.807) is 0 Å². The van der Waals surface area contributed by atoms with E-state index in [9.17, 15) is 9.59 Å². The summed E-state index contributed by atoms with van der Waals surface area (Å²) in [4.78, 5) is 20.6. The monoisotopic (exact) mass is 194 g/mol. The molecule has 7 nitrogen and oxygen atoms in total. The average Bonchev–Trinajstić information content (AvgIpc) is 2.12. The van der Waals surface area contributed by atoms with Gasteiger partial charge in [0.15, 0.2) is 11.9 Å². The van der Waals surface area contributed by atoms with Crippen molar-refractivity contribution in [3.63, 3.8) is 0 Å². The largest absolute Gasteiger partial charge is 0.479 e. The summed E-state index contributed by atoms with van der Waals surface area (Å²) in [6.07, 6.45) is -6.50. The predicted molar refractivity (Wildman–Crippen MR) is 37.7 cm³/mol. The average molecular weight is 194 g/mol. The molecule has 0 unspecified atom stereocenters. The van der Waals surface area contributed by atoms with E-state index in [4.69, 9.17) is 25.5 Å². The summed E-state index contributed by atoms with van der Waals surface area (Å²) in [7, 11) is 0. The molecule has 5 N–H and O–H groups in total. The number of aliphatic hydroxyl groups excluding tert-OH is 4. The van der Waals surface area contributed by atoms with E-state index in [1.807, 2.05) is 0 Å². The Balaban J connectivity index is 4.32. The molecule has 0 heterocycles. The molecule has 7 heteroatoms. The lowest BCUT2D eigenvalue weighted by Crippen LogP contribution is -2.46. The van der Waals surface area contributed by atoms with Gasteiger partial charge in [-0.15, -0.1) is 0 Å². The Hall–Kier alpha value is -1.02. The second-order valence-electron chi connectivity index (χ2n) is 2.34. The minimum Gasteiger partial charge on any atom is -0.479 e. The van der Waals surface area contributed by atoms with Crippen molar-refractivity contribution >= 4 is 11.8 Å². The smallest absolute Gasteiger partial charge is 0.335 e. The molecule has 0 saturated carbocycles. The number of carboxylic acid groups (broad SMARTS) is 1. The van der Waals surface area contributed by atoms with Crippen molar-refractivity contribution in [3.8, 4) is 0 Å². The number of carbonyl (C=O) groups excluding carboxylic acids is 1.